The van der Waals surface area contributed by atoms with Crippen molar-refractivity contribution in [1.82, 2.24) is 14.7 Å². The summed E-state index contributed by atoms with van der Waals surface area (Å²) in [6.07, 6.45) is 4.50. The van der Waals surface area contributed by atoms with E-state index in [4.69, 9.17) is 5.73 Å². The minimum Gasteiger partial charge on any atom is -0.327 e. The molecule has 0 spiro atoms. The molecular weight excluding hydrogens is 188 g/mol. The molecule has 0 saturated carbocycles. The maximum absolute atomic E-state index is 5.96. The third-order valence-electron chi connectivity index (χ3n) is 3.05. The fraction of sp³-hybridized carbons (Fsp3) is 0.727. The molecule has 0 radical (unpaired) electrons. The van der Waals surface area contributed by atoms with Crippen LogP contribution in [0.4, 0.5) is 0 Å². The molecule has 1 aromatic heterocycles. The predicted molar refractivity (Wildman–Crippen MR) is 60.4 cm³/mol. The number of aromatic nitrogens is 2. The van der Waals surface area contributed by atoms with E-state index < -0.39 is 0 Å². The smallest absolute Gasteiger partial charge is 0.0638 e. The molecule has 1 aliphatic heterocycles. The number of nitrogens with two attached hydrogens (primary N) is 1. The van der Waals surface area contributed by atoms with E-state index in [1.54, 1.807) is 0 Å². The monoisotopic (exact) mass is 208 g/mol. The summed E-state index contributed by atoms with van der Waals surface area (Å²) in [5, 5.41) is 4.35. The molecule has 0 amide bonds. The van der Waals surface area contributed by atoms with Crippen molar-refractivity contribution in [3.8, 4) is 0 Å². The third kappa shape index (κ3) is 2.58. The van der Waals surface area contributed by atoms with Gasteiger partial charge in [0.25, 0.3) is 0 Å². The van der Waals surface area contributed by atoms with Crippen LogP contribution in [0.5, 0.6) is 0 Å². The molecule has 1 unspecified atom stereocenters. The Labute approximate surface area is 91.1 Å². The van der Waals surface area contributed by atoms with Crippen LogP contribution >= 0.6 is 0 Å². The normalized spacial score (nSPS) is 23.3. The number of piperidine rings is 1. The van der Waals surface area contributed by atoms with Crippen LogP contribution in [0.25, 0.3) is 0 Å². The van der Waals surface area contributed by atoms with Crippen molar-refractivity contribution in [1.29, 1.82) is 0 Å². The van der Waals surface area contributed by atoms with Crippen LogP contribution in [-0.4, -0.2) is 33.8 Å². The van der Waals surface area contributed by atoms with Crippen LogP contribution in [0.1, 0.15) is 24.1 Å². The van der Waals surface area contributed by atoms with Gasteiger partial charge in [-0.1, -0.05) is 0 Å². The quantitative estimate of drug-likeness (QED) is 0.776. The van der Waals surface area contributed by atoms with E-state index in [-0.39, 0.29) is 0 Å². The summed E-state index contributed by atoms with van der Waals surface area (Å²) in [5.74, 6) is 0. The highest BCUT2D eigenvalue weighted by molar-refractivity contribution is 5.15. The predicted octanol–water partition coefficient (Wildman–Crippen LogP) is 0.652. The maximum atomic E-state index is 5.96. The first kappa shape index (κ1) is 10.6. The van der Waals surface area contributed by atoms with E-state index in [0.29, 0.717) is 6.04 Å². The second kappa shape index (κ2) is 4.33. The molecule has 0 aromatic carbocycles. The first-order chi connectivity index (χ1) is 7.15. The van der Waals surface area contributed by atoms with E-state index in [2.05, 4.69) is 23.1 Å². The second-order valence-corrected chi connectivity index (χ2v) is 4.55. The average Bonchev–Trinajstić information content (AvgIpc) is 2.45. The lowest BCUT2D eigenvalue weighted by Gasteiger charge is -2.30. The van der Waals surface area contributed by atoms with Crippen LogP contribution in [0, 0.1) is 6.92 Å². The van der Waals surface area contributed by atoms with Crippen LogP contribution in [-0.2, 0) is 13.6 Å². The standard InChI is InChI=1S/C11H20N4/c1-9-10(6-14(2)13-9)7-15-5-3-4-11(12)8-15/h6,11H,3-5,7-8,12H2,1-2H3. The first-order valence-corrected chi connectivity index (χ1v) is 5.62. The number of likely N-dealkylation sites (tertiary alicyclic amines) is 1. The Morgan fingerprint density at radius 3 is 3.00 bits per heavy atom. The molecule has 1 fully saturated rings. The molecule has 1 aliphatic rings. The summed E-state index contributed by atoms with van der Waals surface area (Å²) in [7, 11) is 1.97. The summed E-state index contributed by atoms with van der Waals surface area (Å²) in [4.78, 5) is 2.43. The van der Waals surface area contributed by atoms with E-state index >= 15 is 0 Å². The molecule has 2 rings (SSSR count). The third-order valence-corrected chi connectivity index (χ3v) is 3.05. The highest BCUT2D eigenvalue weighted by Gasteiger charge is 2.17. The lowest BCUT2D eigenvalue weighted by molar-refractivity contribution is 0.201. The Kier molecular flexibility index (Phi) is 3.07. The molecule has 1 saturated heterocycles. The zero-order valence-electron chi connectivity index (χ0n) is 9.61. The van der Waals surface area contributed by atoms with Gasteiger partial charge < -0.3 is 5.73 Å². The van der Waals surface area contributed by atoms with E-state index in [1.807, 2.05) is 11.7 Å². The fourth-order valence-corrected chi connectivity index (χ4v) is 2.28. The second-order valence-electron chi connectivity index (χ2n) is 4.55. The largest absolute Gasteiger partial charge is 0.327 e. The molecule has 1 atom stereocenters. The van der Waals surface area contributed by atoms with Crippen molar-refractivity contribution in [2.45, 2.75) is 32.4 Å². The zero-order chi connectivity index (χ0) is 10.8. The highest BCUT2D eigenvalue weighted by Crippen LogP contribution is 2.14. The number of nitrogens with zero attached hydrogens (tertiary/aromatic N) is 3. The molecule has 2 N–H and O–H groups in total. The Morgan fingerprint density at radius 1 is 1.60 bits per heavy atom. The molecule has 2 heterocycles. The van der Waals surface area contributed by atoms with Gasteiger partial charge in [-0.2, -0.15) is 5.10 Å². The highest BCUT2D eigenvalue weighted by atomic mass is 15.3. The van der Waals surface area contributed by atoms with Gasteiger partial charge in [0.05, 0.1) is 5.69 Å². The van der Waals surface area contributed by atoms with Crippen molar-refractivity contribution in [3.05, 3.63) is 17.5 Å². The van der Waals surface area contributed by atoms with Gasteiger partial charge in [-0.3, -0.25) is 9.58 Å². The van der Waals surface area contributed by atoms with Crippen molar-refractivity contribution >= 4 is 0 Å². The Hall–Kier alpha value is -0.870. The summed E-state index contributed by atoms with van der Waals surface area (Å²) in [6.45, 7) is 5.25. The average molecular weight is 208 g/mol. The Bertz CT molecular complexity index is 331. The van der Waals surface area contributed by atoms with Gasteiger partial charge in [0.2, 0.25) is 0 Å². The molecule has 1 aromatic rings. The van der Waals surface area contributed by atoms with Gasteiger partial charge in [0.1, 0.15) is 0 Å². The number of hydrogen-bond acceptors (Lipinski definition) is 3. The summed E-state index contributed by atoms with van der Waals surface area (Å²) >= 11 is 0. The molecular formula is C11H20N4. The van der Waals surface area contributed by atoms with Crippen molar-refractivity contribution in [3.63, 3.8) is 0 Å². The summed E-state index contributed by atoms with van der Waals surface area (Å²) < 4.78 is 1.88. The lowest BCUT2D eigenvalue weighted by Crippen LogP contribution is -2.42. The van der Waals surface area contributed by atoms with Crippen LogP contribution < -0.4 is 5.73 Å². The van der Waals surface area contributed by atoms with Gasteiger partial charge >= 0.3 is 0 Å². The topological polar surface area (TPSA) is 47.1 Å². The van der Waals surface area contributed by atoms with Crippen LogP contribution in [0.3, 0.4) is 0 Å². The number of aryl methyl sites for hydroxylation is 2. The summed E-state index contributed by atoms with van der Waals surface area (Å²) in [6, 6.07) is 0.357. The van der Waals surface area contributed by atoms with Gasteiger partial charge in [-0.15, -0.1) is 0 Å². The van der Waals surface area contributed by atoms with Crippen molar-refractivity contribution in [2.24, 2.45) is 12.8 Å². The van der Waals surface area contributed by atoms with E-state index in [1.165, 1.54) is 24.9 Å². The van der Waals surface area contributed by atoms with Gasteiger partial charge in [-0.25, -0.2) is 0 Å². The molecule has 15 heavy (non-hydrogen) atoms. The fourth-order valence-electron chi connectivity index (χ4n) is 2.28. The Balaban J connectivity index is 1.99. The Morgan fingerprint density at radius 2 is 2.40 bits per heavy atom. The van der Waals surface area contributed by atoms with Gasteiger partial charge in [0, 0.05) is 37.9 Å². The lowest BCUT2D eigenvalue weighted by atomic mass is 10.1. The molecule has 0 bridgehead atoms. The molecule has 4 nitrogen and oxygen atoms in total. The van der Waals surface area contributed by atoms with Gasteiger partial charge in [-0.05, 0) is 26.3 Å². The van der Waals surface area contributed by atoms with Gasteiger partial charge in [0.15, 0.2) is 0 Å². The number of hydrogen-bond donors (Lipinski definition) is 1. The molecule has 84 valence electrons. The maximum Gasteiger partial charge on any atom is 0.0638 e. The van der Waals surface area contributed by atoms with E-state index in [9.17, 15) is 0 Å². The molecule has 0 aliphatic carbocycles. The zero-order valence-corrected chi connectivity index (χ0v) is 9.61. The van der Waals surface area contributed by atoms with E-state index in [0.717, 1.165) is 18.8 Å². The summed E-state index contributed by atoms with van der Waals surface area (Å²) in [5.41, 5.74) is 8.42. The first-order valence-electron chi connectivity index (χ1n) is 5.62. The SMILES string of the molecule is Cc1nn(C)cc1CN1CCCC(N)C1. The molecule has 4 heteroatoms. The van der Waals surface area contributed by atoms with Crippen molar-refractivity contribution < 1.29 is 0 Å². The van der Waals surface area contributed by atoms with Crippen LogP contribution in [0.15, 0.2) is 6.20 Å². The minimum absolute atomic E-state index is 0.357. The van der Waals surface area contributed by atoms with Crippen LogP contribution in [0.2, 0.25) is 0 Å². The van der Waals surface area contributed by atoms with Crippen molar-refractivity contribution in [2.75, 3.05) is 13.1 Å². The minimum atomic E-state index is 0.357. The number of rotatable bonds is 2.